The minimum absolute atomic E-state index is 0.0462. The van der Waals surface area contributed by atoms with Crippen LogP contribution >= 0.6 is 22.6 Å². The van der Waals surface area contributed by atoms with Gasteiger partial charge in [0.2, 0.25) is 0 Å². The van der Waals surface area contributed by atoms with E-state index in [2.05, 4.69) is 0 Å². The van der Waals surface area contributed by atoms with Gasteiger partial charge in [-0.15, -0.1) is 0 Å². The van der Waals surface area contributed by atoms with Gasteiger partial charge < -0.3 is 10.0 Å². The van der Waals surface area contributed by atoms with E-state index in [4.69, 9.17) is 0 Å². The van der Waals surface area contributed by atoms with E-state index in [9.17, 15) is 14.7 Å². The second-order valence-electron chi connectivity index (χ2n) is 4.74. The van der Waals surface area contributed by atoms with E-state index in [-0.39, 0.29) is 23.4 Å². The summed E-state index contributed by atoms with van der Waals surface area (Å²) in [6.07, 6.45) is 1.20. The van der Waals surface area contributed by atoms with Gasteiger partial charge >= 0.3 is 0 Å². The number of rotatable bonds is 2. The monoisotopic (exact) mass is 373 g/mol. The first-order chi connectivity index (χ1) is 9.02. The van der Waals surface area contributed by atoms with Crippen molar-refractivity contribution in [1.29, 1.82) is 0 Å². The Balaban J connectivity index is 2.15. The predicted octanol–water partition coefficient (Wildman–Crippen LogP) is 2.44. The van der Waals surface area contributed by atoms with Gasteiger partial charge in [-0.1, -0.05) is 6.92 Å². The molecular weight excluding hydrogens is 357 g/mol. The fraction of sp³-hybridized carbons (Fsp3) is 0.429. The fourth-order valence-corrected chi connectivity index (χ4v) is 2.61. The van der Waals surface area contributed by atoms with Crippen LogP contribution in [0, 0.1) is 9.49 Å². The van der Waals surface area contributed by atoms with Crippen molar-refractivity contribution in [3.8, 4) is 5.75 Å². The molecule has 0 spiro atoms. The Kier molecular flexibility index (Phi) is 4.44. The standard InChI is InChI=1S/C14H16INO3/c1-2-9-8-16(6-5-12(9)17)14(19)10-3-4-11(15)13(18)7-10/h3-4,7,9,18H,2,5-6,8H2,1H3. The molecule has 1 atom stereocenters. The zero-order valence-electron chi connectivity index (χ0n) is 10.7. The van der Waals surface area contributed by atoms with Gasteiger partial charge in [-0.2, -0.15) is 0 Å². The van der Waals surface area contributed by atoms with Crippen molar-refractivity contribution in [1.82, 2.24) is 4.90 Å². The molecule has 102 valence electrons. The average molecular weight is 373 g/mol. The summed E-state index contributed by atoms with van der Waals surface area (Å²) in [4.78, 5) is 25.7. The number of benzene rings is 1. The molecule has 5 heteroatoms. The molecule has 0 aliphatic carbocycles. The minimum atomic E-state index is -0.113. The molecule has 19 heavy (non-hydrogen) atoms. The number of ketones is 1. The molecule has 1 aromatic rings. The Labute approximate surface area is 125 Å². The molecular formula is C14H16INO3. The topological polar surface area (TPSA) is 57.6 Å². The zero-order valence-corrected chi connectivity index (χ0v) is 12.9. The number of carbonyl (C=O) groups is 2. The average Bonchev–Trinajstić information content (AvgIpc) is 2.41. The van der Waals surface area contributed by atoms with Crippen molar-refractivity contribution in [2.24, 2.45) is 5.92 Å². The highest BCUT2D eigenvalue weighted by molar-refractivity contribution is 14.1. The van der Waals surface area contributed by atoms with Crippen LogP contribution in [-0.2, 0) is 4.79 Å². The van der Waals surface area contributed by atoms with Crippen LogP contribution in [-0.4, -0.2) is 34.8 Å². The number of hydrogen-bond donors (Lipinski definition) is 1. The lowest BCUT2D eigenvalue weighted by Crippen LogP contribution is -2.43. The number of carbonyl (C=O) groups excluding carboxylic acids is 2. The van der Waals surface area contributed by atoms with Crippen LogP contribution in [0.25, 0.3) is 0 Å². The Morgan fingerprint density at radius 1 is 1.53 bits per heavy atom. The third kappa shape index (κ3) is 3.08. The van der Waals surface area contributed by atoms with E-state index in [1.807, 2.05) is 29.5 Å². The third-order valence-corrected chi connectivity index (χ3v) is 4.41. The Hall–Kier alpha value is -1.11. The number of phenolic OH excluding ortho intramolecular Hbond substituents is 1. The van der Waals surface area contributed by atoms with Gasteiger partial charge in [0.1, 0.15) is 11.5 Å². The Bertz CT molecular complexity index is 515. The molecule has 1 amide bonds. The van der Waals surface area contributed by atoms with Crippen LogP contribution in [0.5, 0.6) is 5.75 Å². The molecule has 1 unspecified atom stereocenters. The van der Waals surface area contributed by atoms with E-state index < -0.39 is 0 Å². The third-order valence-electron chi connectivity index (χ3n) is 3.50. The first kappa shape index (κ1) is 14.3. The van der Waals surface area contributed by atoms with Crippen LogP contribution < -0.4 is 0 Å². The van der Waals surface area contributed by atoms with E-state index in [0.717, 1.165) is 9.99 Å². The van der Waals surface area contributed by atoms with Crippen molar-refractivity contribution in [3.05, 3.63) is 27.3 Å². The molecule has 4 nitrogen and oxygen atoms in total. The summed E-state index contributed by atoms with van der Waals surface area (Å²) in [6, 6.07) is 4.91. The summed E-state index contributed by atoms with van der Waals surface area (Å²) in [5, 5.41) is 9.66. The van der Waals surface area contributed by atoms with Crippen molar-refractivity contribution >= 4 is 34.3 Å². The predicted molar refractivity (Wildman–Crippen MR) is 80.1 cm³/mol. The zero-order chi connectivity index (χ0) is 14.0. The number of aromatic hydroxyl groups is 1. The van der Waals surface area contributed by atoms with Gasteiger partial charge in [-0.25, -0.2) is 0 Å². The van der Waals surface area contributed by atoms with E-state index in [1.54, 1.807) is 17.0 Å². The molecule has 1 aromatic carbocycles. The first-order valence-corrected chi connectivity index (χ1v) is 7.41. The molecule has 1 saturated heterocycles. The summed E-state index contributed by atoms with van der Waals surface area (Å²) < 4.78 is 0.717. The van der Waals surface area contributed by atoms with Crippen molar-refractivity contribution in [3.63, 3.8) is 0 Å². The molecule has 0 aromatic heterocycles. The van der Waals surface area contributed by atoms with Gasteiger partial charge in [0.15, 0.2) is 0 Å². The second-order valence-corrected chi connectivity index (χ2v) is 5.90. The number of likely N-dealkylation sites (tertiary alicyclic amines) is 1. The fourth-order valence-electron chi connectivity index (χ4n) is 2.28. The van der Waals surface area contributed by atoms with Crippen LogP contribution in [0.3, 0.4) is 0 Å². The molecule has 1 fully saturated rings. The molecule has 0 bridgehead atoms. The molecule has 2 rings (SSSR count). The number of Topliss-reactive ketones (excluding diaryl/α,β-unsaturated/α-hetero) is 1. The number of hydrogen-bond acceptors (Lipinski definition) is 3. The highest BCUT2D eigenvalue weighted by Gasteiger charge is 2.29. The highest BCUT2D eigenvalue weighted by Crippen LogP contribution is 2.23. The molecule has 1 N–H and O–H groups in total. The minimum Gasteiger partial charge on any atom is -0.507 e. The molecule has 1 aliphatic rings. The summed E-state index contributed by atoms with van der Waals surface area (Å²) in [6.45, 7) is 2.93. The van der Waals surface area contributed by atoms with Gasteiger partial charge in [0.05, 0.1) is 3.57 Å². The number of nitrogens with zero attached hydrogens (tertiary/aromatic N) is 1. The molecule has 1 aliphatic heterocycles. The maximum Gasteiger partial charge on any atom is 0.254 e. The van der Waals surface area contributed by atoms with Crippen LogP contribution in [0.15, 0.2) is 18.2 Å². The van der Waals surface area contributed by atoms with Crippen LogP contribution in [0.1, 0.15) is 30.1 Å². The molecule has 0 radical (unpaired) electrons. The van der Waals surface area contributed by atoms with Gasteiger partial charge in [0.25, 0.3) is 5.91 Å². The van der Waals surface area contributed by atoms with E-state index in [0.29, 0.717) is 25.1 Å². The van der Waals surface area contributed by atoms with Gasteiger partial charge in [-0.3, -0.25) is 9.59 Å². The second kappa shape index (κ2) is 5.90. The summed E-state index contributed by atoms with van der Waals surface area (Å²) >= 11 is 2.01. The maximum absolute atomic E-state index is 12.3. The van der Waals surface area contributed by atoms with Crippen LogP contribution in [0.2, 0.25) is 0 Å². The lowest BCUT2D eigenvalue weighted by Gasteiger charge is -2.31. The number of phenols is 1. The normalized spacial score (nSPS) is 19.6. The first-order valence-electron chi connectivity index (χ1n) is 6.33. The highest BCUT2D eigenvalue weighted by atomic mass is 127. The van der Waals surface area contributed by atoms with Gasteiger partial charge in [-0.05, 0) is 47.2 Å². The van der Waals surface area contributed by atoms with E-state index >= 15 is 0 Å². The van der Waals surface area contributed by atoms with Crippen molar-refractivity contribution < 1.29 is 14.7 Å². The SMILES string of the molecule is CCC1CN(C(=O)c2ccc(I)c(O)c2)CCC1=O. The van der Waals surface area contributed by atoms with E-state index in [1.165, 1.54) is 6.07 Å². The smallest absolute Gasteiger partial charge is 0.254 e. The van der Waals surface area contributed by atoms with Crippen molar-refractivity contribution in [2.45, 2.75) is 19.8 Å². The lowest BCUT2D eigenvalue weighted by atomic mass is 9.93. The van der Waals surface area contributed by atoms with Crippen molar-refractivity contribution in [2.75, 3.05) is 13.1 Å². The quantitative estimate of drug-likeness (QED) is 0.811. The number of amides is 1. The molecule has 0 saturated carbocycles. The van der Waals surface area contributed by atoms with Gasteiger partial charge in [0, 0.05) is 31.0 Å². The molecule has 1 heterocycles. The van der Waals surface area contributed by atoms with Crippen LogP contribution in [0.4, 0.5) is 0 Å². The lowest BCUT2D eigenvalue weighted by molar-refractivity contribution is -0.125. The Morgan fingerprint density at radius 2 is 2.26 bits per heavy atom. The largest absolute Gasteiger partial charge is 0.507 e. The number of halogens is 1. The summed E-state index contributed by atoms with van der Waals surface area (Å²) in [7, 11) is 0. The summed E-state index contributed by atoms with van der Waals surface area (Å²) in [5.41, 5.74) is 0.474. The Morgan fingerprint density at radius 3 is 2.89 bits per heavy atom. The maximum atomic E-state index is 12.3. The summed E-state index contributed by atoms with van der Waals surface area (Å²) in [5.74, 6) is 0.205. The number of piperidine rings is 1.